The van der Waals surface area contributed by atoms with Crippen molar-refractivity contribution in [1.82, 2.24) is 14.9 Å². The number of aromatic nitrogens is 2. The highest BCUT2D eigenvalue weighted by Crippen LogP contribution is 2.41. The van der Waals surface area contributed by atoms with Crippen LogP contribution in [0.25, 0.3) is 0 Å². The fourth-order valence-corrected chi connectivity index (χ4v) is 2.57. The number of methoxy groups -OCH3 is 1. The molecule has 0 spiro atoms. The van der Waals surface area contributed by atoms with Gasteiger partial charge in [-0.3, -0.25) is 0 Å². The van der Waals surface area contributed by atoms with Crippen molar-refractivity contribution in [2.75, 3.05) is 13.7 Å². The fraction of sp³-hybridized carbons (Fsp3) is 0.438. The average molecular weight is 271 g/mol. The molecule has 0 amide bonds. The predicted octanol–water partition coefficient (Wildman–Crippen LogP) is 2.63. The molecule has 1 aliphatic rings. The van der Waals surface area contributed by atoms with Crippen molar-refractivity contribution >= 4 is 0 Å². The first-order chi connectivity index (χ1) is 9.86. The Morgan fingerprint density at radius 3 is 2.75 bits per heavy atom. The van der Waals surface area contributed by atoms with Crippen molar-refractivity contribution in [2.24, 2.45) is 5.92 Å². The third-order valence-electron chi connectivity index (χ3n) is 3.86. The molecular weight excluding hydrogens is 250 g/mol. The van der Waals surface area contributed by atoms with E-state index in [2.05, 4.69) is 27.0 Å². The van der Waals surface area contributed by atoms with Gasteiger partial charge in [0.1, 0.15) is 5.75 Å². The van der Waals surface area contributed by atoms with Gasteiger partial charge >= 0.3 is 0 Å². The minimum atomic E-state index is 0.462. The maximum Gasteiger partial charge on any atom is 0.118 e. The van der Waals surface area contributed by atoms with Gasteiger partial charge in [-0.05, 0) is 36.5 Å². The smallest absolute Gasteiger partial charge is 0.118 e. The highest BCUT2D eigenvalue weighted by atomic mass is 16.5. The standard InChI is InChI=1S/C16H21N3O/c1-20-15-6-4-14(5-7-15)16(13-2-3-13)18-9-11-19-10-8-17-12-19/h4-8,10,12-13,16,18H,2-3,9,11H2,1H3. The lowest BCUT2D eigenvalue weighted by molar-refractivity contribution is 0.413. The normalized spacial score (nSPS) is 16.1. The Bertz CT molecular complexity index is 517. The van der Waals surface area contributed by atoms with Gasteiger partial charge in [0.15, 0.2) is 0 Å². The zero-order valence-corrected chi connectivity index (χ0v) is 11.8. The van der Waals surface area contributed by atoms with Gasteiger partial charge in [-0.1, -0.05) is 12.1 Å². The van der Waals surface area contributed by atoms with Gasteiger partial charge < -0.3 is 14.6 Å². The van der Waals surface area contributed by atoms with Gasteiger partial charge in [0, 0.05) is 31.5 Å². The van der Waals surface area contributed by atoms with Crippen LogP contribution in [-0.2, 0) is 6.54 Å². The second-order valence-corrected chi connectivity index (χ2v) is 5.34. The van der Waals surface area contributed by atoms with Crippen molar-refractivity contribution in [3.05, 3.63) is 48.5 Å². The van der Waals surface area contributed by atoms with E-state index in [1.54, 1.807) is 7.11 Å². The number of hydrogen-bond donors (Lipinski definition) is 1. The van der Waals surface area contributed by atoms with E-state index in [0.717, 1.165) is 24.8 Å². The molecule has 1 aliphatic carbocycles. The molecule has 1 aromatic carbocycles. The first-order valence-electron chi connectivity index (χ1n) is 7.20. The van der Waals surface area contributed by atoms with Crippen LogP contribution in [0.5, 0.6) is 5.75 Å². The Hall–Kier alpha value is -1.81. The average Bonchev–Trinajstić information content (AvgIpc) is 3.20. The van der Waals surface area contributed by atoms with Crippen LogP contribution in [0.3, 0.4) is 0 Å². The fourth-order valence-electron chi connectivity index (χ4n) is 2.57. The van der Waals surface area contributed by atoms with E-state index in [-0.39, 0.29) is 0 Å². The lowest BCUT2D eigenvalue weighted by Gasteiger charge is -2.19. The zero-order valence-electron chi connectivity index (χ0n) is 11.8. The molecule has 1 fully saturated rings. The summed E-state index contributed by atoms with van der Waals surface area (Å²) < 4.78 is 7.33. The molecule has 0 saturated heterocycles. The maximum atomic E-state index is 5.22. The van der Waals surface area contributed by atoms with Gasteiger partial charge in [-0.2, -0.15) is 0 Å². The lowest BCUT2D eigenvalue weighted by Crippen LogP contribution is -2.26. The molecule has 1 N–H and O–H groups in total. The summed E-state index contributed by atoms with van der Waals surface area (Å²) in [5, 5.41) is 3.68. The number of nitrogens with one attached hydrogen (secondary N) is 1. The number of ether oxygens (including phenoxy) is 1. The molecule has 0 bridgehead atoms. The van der Waals surface area contributed by atoms with Crippen molar-refractivity contribution in [2.45, 2.75) is 25.4 Å². The van der Waals surface area contributed by atoms with Crippen LogP contribution in [0.1, 0.15) is 24.4 Å². The van der Waals surface area contributed by atoms with Crippen molar-refractivity contribution < 1.29 is 4.74 Å². The summed E-state index contributed by atoms with van der Waals surface area (Å²) in [6, 6.07) is 8.90. The summed E-state index contributed by atoms with van der Waals surface area (Å²) in [5.74, 6) is 1.70. The first-order valence-corrected chi connectivity index (χ1v) is 7.20. The van der Waals surface area contributed by atoms with Crippen LogP contribution < -0.4 is 10.1 Å². The van der Waals surface area contributed by atoms with Gasteiger partial charge in [-0.25, -0.2) is 4.98 Å². The summed E-state index contributed by atoms with van der Waals surface area (Å²) in [7, 11) is 1.71. The van der Waals surface area contributed by atoms with E-state index in [4.69, 9.17) is 4.74 Å². The van der Waals surface area contributed by atoms with E-state index in [0.29, 0.717) is 6.04 Å². The summed E-state index contributed by atoms with van der Waals surface area (Å²) in [6.07, 6.45) is 8.34. The van der Waals surface area contributed by atoms with Crippen LogP contribution in [0.2, 0.25) is 0 Å². The number of nitrogens with zero attached hydrogens (tertiary/aromatic N) is 2. The molecule has 4 nitrogen and oxygen atoms in total. The molecule has 1 heterocycles. The highest BCUT2D eigenvalue weighted by molar-refractivity contribution is 5.30. The molecular formula is C16H21N3O. The van der Waals surface area contributed by atoms with Crippen LogP contribution in [-0.4, -0.2) is 23.2 Å². The summed E-state index contributed by atoms with van der Waals surface area (Å²) in [4.78, 5) is 4.07. The van der Waals surface area contributed by atoms with E-state index in [1.165, 1.54) is 18.4 Å². The Morgan fingerprint density at radius 1 is 1.35 bits per heavy atom. The number of imidazole rings is 1. The van der Waals surface area contributed by atoms with E-state index in [1.807, 2.05) is 30.9 Å². The van der Waals surface area contributed by atoms with Crippen LogP contribution in [0, 0.1) is 5.92 Å². The molecule has 106 valence electrons. The molecule has 1 saturated carbocycles. The number of rotatable bonds is 7. The summed E-state index contributed by atoms with van der Waals surface area (Å²) in [6.45, 7) is 1.92. The van der Waals surface area contributed by atoms with Gasteiger partial charge in [0.05, 0.1) is 13.4 Å². The van der Waals surface area contributed by atoms with E-state index >= 15 is 0 Å². The Kier molecular flexibility index (Phi) is 4.02. The zero-order chi connectivity index (χ0) is 13.8. The largest absolute Gasteiger partial charge is 0.497 e. The van der Waals surface area contributed by atoms with Crippen LogP contribution in [0.4, 0.5) is 0 Å². The SMILES string of the molecule is COc1ccc(C(NCCn2ccnc2)C2CC2)cc1. The third kappa shape index (κ3) is 3.20. The number of benzene rings is 1. The Balaban J connectivity index is 1.60. The molecule has 2 aromatic rings. The van der Waals surface area contributed by atoms with Crippen molar-refractivity contribution in [3.63, 3.8) is 0 Å². The number of hydrogen-bond acceptors (Lipinski definition) is 3. The molecule has 1 unspecified atom stereocenters. The monoisotopic (exact) mass is 271 g/mol. The van der Waals surface area contributed by atoms with Gasteiger partial charge in [-0.15, -0.1) is 0 Å². The Morgan fingerprint density at radius 2 is 2.15 bits per heavy atom. The van der Waals surface area contributed by atoms with Crippen molar-refractivity contribution in [1.29, 1.82) is 0 Å². The lowest BCUT2D eigenvalue weighted by atomic mass is 10.0. The second-order valence-electron chi connectivity index (χ2n) is 5.34. The molecule has 20 heavy (non-hydrogen) atoms. The minimum Gasteiger partial charge on any atom is -0.497 e. The predicted molar refractivity (Wildman–Crippen MR) is 78.7 cm³/mol. The molecule has 3 rings (SSSR count). The minimum absolute atomic E-state index is 0.462. The highest BCUT2D eigenvalue weighted by Gasteiger charge is 2.31. The van der Waals surface area contributed by atoms with Crippen molar-refractivity contribution in [3.8, 4) is 5.75 Å². The van der Waals surface area contributed by atoms with E-state index in [9.17, 15) is 0 Å². The molecule has 1 atom stereocenters. The maximum absolute atomic E-state index is 5.22. The molecule has 0 radical (unpaired) electrons. The topological polar surface area (TPSA) is 39.1 Å². The van der Waals surface area contributed by atoms with E-state index < -0.39 is 0 Å². The quantitative estimate of drug-likeness (QED) is 0.841. The summed E-state index contributed by atoms with van der Waals surface area (Å²) in [5.41, 5.74) is 1.36. The van der Waals surface area contributed by atoms with Crippen LogP contribution >= 0.6 is 0 Å². The van der Waals surface area contributed by atoms with Crippen LogP contribution in [0.15, 0.2) is 43.0 Å². The molecule has 1 aromatic heterocycles. The first kappa shape index (κ1) is 13.2. The Labute approximate surface area is 119 Å². The van der Waals surface area contributed by atoms with Gasteiger partial charge in [0.25, 0.3) is 0 Å². The van der Waals surface area contributed by atoms with Gasteiger partial charge in [0.2, 0.25) is 0 Å². The second kappa shape index (κ2) is 6.09. The third-order valence-corrected chi connectivity index (χ3v) is 3.86. The summed E-state index contributed by atoms with van der Waals surface area (Å²) >= 11 is 0. The molecule has 4 heteroatoms. The molecule has 0 aliphatic heterocycles.